The first-order valence-electron chi connectivity index (χ1n) is 8.31. The molecule has 0 fully saturated rings. The van der Waals surface area contributed by atoms with Crippen LogP contribution in [0.1, 0.15) is 0 Å². The minimum absolute atomic E-state index is 0. The first-order chi connectivity index (χ1) is 12.8. The summed E-state index contributed by atoms with van der Waals surface area (Å²) in [5.41, 5.74) is 2.57. The van der Waals surface area contributed by atoms with Gasteiger partial charge < -0.3 is 21.1 Å². The van der Waals surface area contributed by atoms with Gasteiger partial charge in [-0.25, -0.2) is 0 Å². The molecule has 0 saturated carbocycles. The Balaban J connectivity index is 0.000000190. The largest absolute Gasteiger partial charge is 1.00 e. The van der Waals surface area contributed by atoms with E-state index in [1.165, 1.54) is 6.08 Å². The Bertz CT molecular complexity index is 905. The van der Waals surface area contributed by atoms with Crippen molar-refractivity contribution in [3.8, 4) is 0 Å². The summed E-state index contributed by atoms with van der Waals surface area (Å²) in [5.74, 6) is -0.0112. The van der Waals surface area contributed by atoms with Crippen LogP contribution >= 0.6 is 0 Å². The number of benzene rings is 1. The van der Waals surface area contributed by atoms with Gasteiger partial charge in [0.25, 0.3) is 0 Å². The molecule has 4 rings (SSSR count). The van der Waals surface area contributed by atoms with E-state index in [1.54, 1.807) is 36.8 Å². The molecular weight excluding hydrogens is 390 g/mol. The molecule has 0 aromatic heterocycles. The molecule has 6 heteroatoms. The standard InChI is InChI=1S/C12H8N2.C9H11NO2.Cu/c1-3-9-5-6-10-4-2-8-14-12(10)11(9)13-7-1;11-6-5-10-7-8-3-1-2-4-9(8)12;/h1-8H;1-4,7,10-11H,5-6H2;/q-2;;+1. The van der Waals surface area contributed by atoms with E-state index < -0.39 is 0 Å². The normalized spacial score (nSPS) is 16.3. The predicted molar refractivity (Wildman–Crippen MR) is 105 cm³/mol. The fourth-order valence-electron chi connectivity index (χ4n) is 2.53. The van der Waals surface area contributed by atoms with E-state index in [9.17, 15) is 4.79 Å². The number of aliphatic hydroxyl groups excluding tert-OH is 1. The minimum Gasteiger partial charge on any atom is -0.665 e. The van der Waals surface area contributed by atoms with Gasteiger partial charge in [0.05, 0.1) is 6.61 Å². The van der Waals surface area contributed by atoms with Gasteiger partial charge in [-0.3, -0.25) is 4.79 Å². The summed E-state index contributed by atoms with van der Waals surface area (Å²) in [6.07, 6.45) is 19.9. The van der Waals surface area contributed by atoms with E-state index in [1.807, 2.05) is 12.2 Å². The second-order valence-electron chi connectivity index (χ2n) is 5.58. The van der Waals surface area contributed by atoms with Crippen LogP contribution in [-0.4, -0.2) is 24.0 Å². The summed E-state index contributed by atoms with van der Waals surface area (Å²) >= 11 is 0. The van der Waals surface area contributed by atoms with Crippen LogP contribution in [-0.2, 0) is 21.9 Å². The first-order valence-corrected chi connectivity index (χ1v) is 8.31. The van der Waals surface area contributed by atoms with Crippen molar-refractivity contribution >= 4 is 29.3 Å². The van der Waals surface area contributed by atoms with Gasteiger partial charge in [-0.2, -0.15) is 12.4 Å². The molecule has 0 bridgehead atoms. The zero-order valence-electron chi connectivity index (χ0n) is 14.5. The van der Waals surface area contributed by atoms with Crippen molar-refractivity contribution in [2.45, 2.75) is 0 Å². The molecule has 0 unspecified atom stereocenters. The second-order valence-corrected chi connectivity index (χ2v) is 5.58. The van der Waals surface area contributed by atoms with E-state index in [2.05, 4.69) is 40.2 Å². The molecule has 1 aromatic carbocycles. The van der Waals surface area contributed by atoms with Gasteiger partial charge in [-0.15, -0.1) is 11.4 Å². The molecule has 2 N–H and O–H groups in total. The third kappa shape index (κ3) is 5.34. The monoisotopic (exact) mass is 408 g/mol. The Morgan fingerprint density at radius 3 is 2.07 bits per heavy atom. The number of allylic oxidation sites excluding steroid dienone is 7. The van der Waals surface area contributed by atoms with Crippen molar-refractivity contribution in [3.63, 3.8) is 0 Å². The Morgan fingerprint density at radius 2 is 1.52 bits per heavy atom. The zero-order chi connectivity index (χ0) is 18.2. The maximum Gasteiger partial charge on any atom is 1.00 e. The summed E-state index contributed by atoms with van der Waals surface area (Å²) in [5, 5.41) is 22.2. The van der Waals surface area contributed by atoms with Gasteiger partial charge in [0.1, 0.15) is 0 Å². The third-order valence-corrected chi connectivity index (χ3v) is 3.78. The van der Waals surface area contributed by atoms with Gasteiger partial charge in [0, 0.05) is 18.3 Å². The number of hydrogen-bond acceptors (Lipinski definition) is 3. The summed E-state index contributed by atoms with van der Waals surface area (Å²) in [6, 6.07) is 4.15. The molecule has 2 aliphatic heterocycles. The zero-order valence-corrected chi connectivity index (χ0v) is 15.4. The van der Waals surface area contributed by atoms with Crippen molar-refractivity contribution < 1.29 is 27.0 Å². The topological polar surface area (TPSA) is 77.5 Å². The molecule has 3 aliphatic rings. The third-order valence-electron chi connectivity index (χ3n) is 3.78. The second kappa shape index (κ2) is 10.4. The van der Waals surface area contributed by atoms with Gasteiger partial charge in [-0.05, 0) is 22.6 Å². The summed E-state index contributed by atoms with van der Waals surface area (Å²) in [7, 11) is 0. The van der Waals surface area contributed by atoms with E-state index in [4.69, 9.17) is 5.11 Å². The Kier molecular flexibility index (Phi) is 7.89. The molecule has 0 radical (unpaired) electrons. The van der Waals surface area contributed by atoms with Gasteiger partial charge in [0.2, 0.25) is 0 Å². The van der Waals surface area contributed by atoms with Crippen LogP contribution in [0, 0.1) is 0 Å². The minimum atomic E-state index is -0.0112. The Morgan fingerprint density at radius 1 is 0.926 bits per heavy atom. The van der Waals surface area contributed by atoms with Crippen LogP contribution in [0.4, 0.5) is 11.4 Å². The summed E-state index contributed by atoms with van der Waals surface area (Å²) < 4.78 is 0. The number of nitrogens with zero attached hydrogens (tertiary/aromatic N) is 2. The molecule has 5 nitrogen and oxygen atoms in total. The molecule has 0 spiro atoms. The SMILES string of the molecule is C1=C[N-]c2c3c(ccc2=C1)=CC=C[N-]3.O=C1C=CC=CC1=CNCCO.[Cu+]. The molecule has 0 atom stereocenters. The van der Waals surface area contributed by atoms with Crippen LogP contribution in [0.3, 0.4) is 0 Å². The molecule has 142 valence electrons. The van der Waals surface area contributed by atoms with Gasteiger partial charge >= 0.3 is 17.1 Å². The molecule has 0 amide bonds. The van der Waals surface area contributed by atoms with E-state index in [0.29, 0.717) is 12.1 Å². The van der Waals surface area contributed by atoms with E-state index in [-0.39, 0.29) is 29.5 Å². The Labute approximate surface area is 168 Å². The van der Waals surface area contributed by atoms with Crippen LogP contribution in [0.25, 0.3) is 22.8 Å². The van der Waals surface area contributed by atoms with Crippen molar-refractivity contribution in [3.05, 3.63) is 93.8 Å². The van der Waals surface area contributed by atoms with Crippen molar-refractivity contribution in [2.24, 2.45) is 0 Å². The first kappa shape index (κ1) is 20.5. The number of fused-ring (bicyclic) bond motifs is 3. The van der Waals surface area contributed by atoms with E-state index in [0.717, 1.165) is 21.8 Å². The summed E-state index contributed by atoms with van der Waals surface area (Å²) in [4.78, 5) is 11.1. The fraction of sp³-hybridized carbons (Fsp3) is 0.0952. The summed E-state index contributed by atoms with van der Waals surface area (Å²) in [6.45, 7) is 0.534. The molecule has 2 heterocycles. The van der Waals surface area contributed by atoms with Crippen LogP contribution in [0.5, 0.6) is 0 Å². The maximum atomic E-state index is 11.1. The van der Waals surface area contributed by atoms with Crippen LogP contribution in [0.15, 0.2) is 72.8 Å². The Hall–Kier alpha value is -2.79. The average molecular weight is 409 g/mol. The molecule has 27 heavy (non-hydrogen) atoms. The van der Waals surface area contributed by atoms with Gasteiger partial charge in [0.15, 0.2) is 5.78 Å². The molecule has 1 aliphatic carbocycles. The number of hydrogen-bond donors (Lipinski definition) is 2. The van der Waals surface area contributed by atoms with Crippen LogP contribution < -0.4 is 15.8 Å². The van der Waals surface area contributed by atoms with E-state index >= 15 is 0 Å². The number of rotatable bonds is 3. The maximum absolute atomic E-state index is 11.1. The molecule has 0 saturated heterocycles. The molecular formula is C21H19CuN3O2-. The number of nitrogens with one attached hydrogen (secondary N) is 1. The number of carbonyl (C=O) groups is 1. The average Bonchev–Trinajstić information content (AvgIpc) is 2.70. The fourth-order valence-corrected chi connectivity index (χ4v) is 2.53. The quantitative estimate of drug-likeness (QED) is 0.458. The van der Waals surface area contributed by atoms with Gasteiger partial charge in [-0.1, -0.05) is 48.6 Å². The number of ketones is 1. The van der Waals surface area contributed by atoms with Crippen molar-refractivity contribution in [1.82, 2.24) is 5.32 Å². The van der Waals surface area contributed by atoms with Crippen LogP contribution in [0.2, 0.25) is 0 Å². The predicted octanol–water partition coefficient (Wildman–Crippen LogP) is 2.46. The smallest absolute Gasteiger partial charge is 0.665 e. The number of aliphatic hydroxyl groups is 1. The molecule has 1 aromatic rings. The van der Waals surface area contributed by atoms with Crippen molar-refractivity contribution in [2.75, 3.05) is 13.2 Å². The number of carbonyl (C=O) groups excluding carboxylic acids is 1. The van der Waals surface area contributed by atoms with Crippen molar-refractivity contribution in [1.29, 1.82) is 0 Å².